The van der Waals surface area contributed by atoms with Crippen LogP contribution < -0.4 is 9.47 Å². The van der Waals surface area contributed by atoms with Gasteiger partial charge in [-0.05, 0) is 35.4 Å². The van der Waals surface area contributed by atoms with E-state index in [0.29, 0.717) is 18.2 Å². The Morgan fingerprint density at radius 1 is 0.821 bits per heavy atom. The van der Waals surface area contributed by atoms with Gasteiger partial charge >= 0.3 is 0 Å². The van der Waals surface area contributed by atoms with Crippen molar-refractivity contribution in [3.8, 4) is 11.5 Å². The molecule has 0 amide bonds. The zero-order valence-electron chi connectivity index (χ0n) is 16.3. The molecule has 0 fully saturated rings. The Kier molecular flexibility index (Phi) is 8.05. The van der Waals surface area contributed by atoms with Crippen LogP contribution in [0.1, 0.15) is 31.9 Å². The number of benzene rings is 2. The van der Waals surface area contributed by atoms with Crippen molar-refractivity contribution in [1.82, 2.24) is 0 Å². The molecule has 0 saturated carbocycles. The molecular weight excluding hydrogens is 389 g/mol. The predicted octanol–water partition coefficient (Wildman–Crippen LogP) is 6.25. The maximum Gasteiger partial charge on any atom is 0.272 e. The van der Waals surface area contributed by atoms with E-state index in [2.05, 4.69) is 13.8 Å². The molecule has 0 spiro atoms. The SMILES string of the molecule is CC(CCl)COc1ccc(C(C)(C)c2ccc(OCC(F)C(F)F)cc2)cc1. The number of rotatable bonds is 10. The molecule has 0 aliphatic rings. The van der Waals surface area contributed by atoms with Gasteiger partial charge in [0.15, 0.2) is 6.17 Å². The van der Waals surface area contributed by atoms with E-state index in [9.17, 15) is 13.2 Å². The minimum absolute atomic E-state index is 0.284. The topological polar surface area (TPSA) is 18.5 Å². The number of ether oxygens (including phenoxy) is 2. The van der Waals surface area contributed by atoms with E-state index in [4.69, 9.17) is 21.1 Å². The normalized spacial score (nSPS) is 14.0. The van der Waals surface area contributed by atoms with Gasteiger partial charge in [-0.1, -0.05) is 45.0 Å². The Morgan fingerprint density at radius 2 is 1.25 bits per heavy atom. The average Bonchev–Trinajstić information content (AvgIpc) is 2.70. The first-order valence-corrected chi connectivity index (χ1v) is 9.72. The van der Waals surface area contributed by atoms with Crippen LogP contribution in [-0.2, 0) is 5.41 Å². The second-order valence-corrected chi connectivity index (χ2v) is 7.71. The number of halogens is 4. The molecule has 0 heterocycles. The second kappa shape index (κ2) is 10.1. The van der Waals surface area contributed by atoms with E-state index < -0.39 is 19.2 Å². The van der Waals surface area contributed by atoms with E-state index in [1.54, 1.807) is 12.1 Å². The van der Waals surface area contributed by atoms with E-state index in [-0.39, 0.29) is 11.3 Å². The first-order chi connectivity index (χ1) is 13.2. The summed E-state index contributed by atoms with van der Waals surface area (Å²) in [4.78, 5) is 0. The molecule has 0 aromatic heterocycles. The summed E-state index contributed by atoms with van der Waals surface area (Å²) in [5, 5.41) is 0. The molecule has 0 radical (unpaired) electrons. The summed E-state index contributed by atoms with van der Waals surface area (Å²) >= 11 is 5.79. The fraction of sp³-hybridized carbons (Fsp3) is 0.455. The minimum atomic E-state index is -3.04. The van der Waals surface area contributed by atoms with Crippen LogP contribution in [-0.4, -0.2) is 31.7 Å². The highest BCUT2D eigenvalue weighted by atomic mass is 35.5. The molecule has 0 aliphatic carbocycles. The van der Waals surface area contributed by atoms with Gasteiger partial charge in [-0.2, -0.15) is 0 Å². The highest BCUT2D eigenvalue weighted by Crippen LogP contribution is 2.33. The largest absolute Gasteiger partial charge is 0.493 e. The van der Waals surface area contributed by atoms with Crippen molar-refractivity contribution in [1.29, 1.82) is 0 Å². The molecule has 0 N–H and O–H groups in total. The standard InChI is InChI=1S/C22H26ClF3O2/c1-15(12-23)13-27-18-8-4-16(5-9-18)22(2,3)17-6-10-19(11-7-17)28-14-20(24)21(25)26/h4-11,15,20-21H,12-14H2,1-3H3. The van der Waals surface area contributed by atoms with E-state index in [1.165, 1.54) is 0 Å². The van der Waals surface area contributed by atoms with Crippen LogP contribution in [0, 0.1) is 5.92 Å². The van der Waals surface area contributed by atoms with Gasteiger partial charge in [0.05, 0.1) is 6.61 Å². The highest BCUT2D eigenvalue weighted by Gasteiger charge is 2.24. The van der Waals surface area contributed by atoms with Crippen molar-refractivity contribution >= 4 is 11.6 Å². The molecule has 2 unspecified atom stereocenters. The van der Waals surface area contributed by atoms with E-state index in [0.717, 1.165) is 16.9 Å². The number of hydrogen-bond acceptors (Lipinski definition) is 2. The molecule has 0 bridgehead atoms. The fourth-order valence-corrected chi connectivity index (χ4v) is 2.72. The third kappa shape index (κ3) is 6.06. The molecule has 154 valence electrons. The summed E-state index contributed by atoms with van der Waals surface area (Å²) in [7, 11) is 0. The van der Waals surface area contributed by atoms with Crippen molar-refractivity contribution < 1.29 is 22.6 Å². The predicted molar refractivity (Wildman–Crippen MR) is 107 cm³/mol. The lowest BCUT2D eigenvalue weighted by Crippen LogP contribution is -2.21. The highest BCUT2D eigenvalue weighted by molar-refractivity contribution is 6.18. The maximum absolute atomic E-state index is 13.0. The Labute approximate surface area is 169 Å². The fourth-order valence-electron chi connectivity index (χ4n) is 2.63. The van der Waals surface area contributed by atoms with E-state index >= 15 is 0 Å². The number of hydrogen-bond donors (Lipinski definition) is 0. The minimum Gasteiger partial charge on any atom is -0.493 e. The monoisotopic (exact) mass is 414 g/mol. The van der Waals surface area contributed by atoms with Crippen LogP contribution in [0.15, 0.2) is 48.5 Å². The van der Waals surface area contributed by atoms with Gasteiger partial charge in [-0.25, -0.2) is 13.2 Å². The zero-order valence-corrected chi connectivity index (χ0v) is 17.1. The average molecular weight is 415 g/mol. The van der Waals surface area contributed by atoms with Crippen molar-refractivity contribution in [2.75, 3.05) is 19.1 Å². The van der Waals surface area contributed by atoms with Crippen LogP contribution in [0.2, 0.25) is 0 Å². The summed E-state index contributed by atoms with van der Waals surface area (Å²) in [6.45, 7) is 6.10. The molecule has 2 aromatic carbocycles. The molecule has 2 rings (SSSR count). The molecule has 28 heavy (non-hydrogen) atoms. The lowest BCUT2D eigenvalue weighted by molar-refractivity contribution is 0.0231. The second-order valence-electron chi connectivity index (χ2n) is 7.41. The van der Waals surface area contributed by atoms with Crippen molar-refractivity contribution in [2.24, 2.45) is 5.92 Å². The van der Waals surface area contributed by atoms with Crippen LogP contribution in [0.25, 0.3) is 0 Å². The molecular formula is C22H26ClF3O2. The summed E-state index contributed by atoms with van der Waals surface area (Å²) in [6.07, 6.45) is -5.33. The van der Waals surface area contributed by atoms with E-state index in [1.807, 2.05) is 43.3 Å². The van der Waals surface area contributed by atoms with Crippen LogP contribution in [0.5, 0.6) is 11.5 Å². The van der Waals surface area contributed by atoms with Gasteiger partial charge in [0.2, 0.25) is 0 Å². The third-order valence-electron chi connectivity index (χ3n) is 4.63. The van der Waals surface area contributed by atoms with Gasteiger partial charge in [0.25, 0.3) is 6.43 Å². The van der Waals surface area contributed by atoms with Gasteiger partial charge in [0, 0.05) is 17.2 Å². The smallest absolute Gasteiger partial charge is 0.272 e. The first-order valence-electron chi connectivity index (χ1n) is 9.19. The Bertz CT molecular complexity index is 718. The van der Waals surface area contributed by atoms with Gasteiger partial charge in [-0.3, -0.25) is 0 Å². The number of alkyl halides is 4. The van der Waals surface area contributed by atoms with Crippen molar-refractivity contribution in [2.45, 2.75) is 38.8 Å². The first kappa shape index (κ1) is 22.4. The quantitative estimate of drug-likeness (QED) is 0.428. The van der Waals surface area contributed by atoms with Crippen molar-refractivity contribution in [3.05, 3.63) is 59.7 Å². The Balaban J connectivity index is 2.03. The van der Waals surface area contributed by atoms with Crippen molar-refractivity contribution in [3.63, 3.8) is 0 Å². The van der Waals surface area contributed by atoms with Gasteiger partial charge in [0.1, 0.15) is 18.1 Å². The van der Waals surface area contributed by atoms with Gasteiger partial charge in [-0.15, -0.1) is 11.6 Å². The lowest BCUT2D eigenvalue weighted by atomic mass is 9.78. The zero-order chi connectivity index (χ0) is 20.7. The molecule has 2 nitrogen and oxygen atoms in total. The summed E-state index contributed by atoms with van der Waals surface area (Å²) in [5.74, 6) is 1.99. The summed E-state index contributed by atoms with van der Waals surface area (Å²) in [5.41, 5.74) is 1.84. The Hall–Kier alpha value is -1.88. The molecule has 0 saturated heterocycles. The molecule has 6 heteroatoms. The van der Waals surface area contributed by atoms with Gasteiger partial charge < -0.3 is 9.47 Å². The Morgan fingerprint density at radius 3 is 1.64 bits per heavy atom. The summed E-state index contributed by atoms with van der Waals surface area (Å²) in [6, 6.07) is 14.9. The summed E-state index contributed by atoms with van der Waals surface area (Å²) < 4.78 is 48.2. The lowest BCUT2D eigenvalue weighted by Gasteiger charge is -2.26. The molecule has 2 aromatic rings. The van der Waals surface area contributed by atoms with Crippen LogP contribution in [0.4, 0.5) is 13.2 Å². The maximum atomic E-state index is 13.0. The molecule has 2 atom stereocenters. The third-order valence-corrected chi connectivity index (χ3v) is 5.16. The van der Waals surface area contributed by atoms with Crippen LogP contribution in [0.3, 0.4) is 0 Å². The van der Waals surface area contributed by atoms with Crippen LogP contribution >= 0.6 is 11.6 Å². The molecule has 0 aliphatic heterocycles.